The van der Waals surface area contributed by atoms with Gasteiger partial charge in [-0.25, -0.2) is 4.98 Å². The molecule has 4 nitrogen and oxygen atoms in total. The Hall–Kier alpha value is -1.71. The molecule has 0 amide bonds. The van der Waals surface area contributed by atoms with Crippen LogP contribution in [0.15, 0.2) is 24.7 Å². The minimum Gasteiger partial charge on any atom is -0.397 e. The van der Waals surface area contributed by atoms with E-state index in [0.717, 1.165) is 5.65 Å². The van der Waals surface area contributed by atoms with Crippen LogP contribution in [0.5, 0.6) is 0 Å². The summed E-state index contributed by atoms with van der Waals surface area (Å²) in [5, 5.41) is 0. The minimum atomic E-state index is 0.633. The summed E-state index contributed by atoms with van der Waals surface area (Å²) in [5.41, 5.74) is 13.2. The second-order valence-corrected chi connectivity index (χ2v) is 2.43. The van der Waals surface area contributed by atoms with Gasteiger partial charge in [-0.1, -0.05) is 0 Å². The van der Waals surface area contributed by atoms with Gasteiger partial charge >= 0.3 is 0 Å². The SMILES string of the molecule is Nc1cnc2cc(N)cn2c1. The van der Waals surface area contributed by atoms with E-state index < -0.39 is 0 Å². The molecule has 56 valence electrons. The van der Waals surface area contributed by atoms with E-state index in [1.54, 1.807) is 29.1 Å². The number of fused-ring (bicyclic) bond motifs is 1. The third-order valence-electron chi connectivity index (χ3n) is 1.48. The molecule has 0 aliphatic rings. The Morgan fingerprint density at radius 2 is 1.91 bits per heavy atom. The van der Waals surface area contributed by atoms with Crippen molar-refractivity contribution in [2.45, 2.75) is 0 Å². The molecule has 2 aromatic rings. The van der Waals surface area contributed by atoms with Crippen molar-refractivity contribution in [2.24, 2.45) is 0 Å². The van der Waals surface area contributed by atoms with Gasteiger partial charge in [0.2, 0.25) is 0 Å². The van der Waals surface area contributed by atoms with Crippen LogP contribution in [0.1, 0.15) is 0 Å². The monoisotopic (exact) mass is 148 g/mol. The molecule has 2 heterocycles. The summed E-state index contributed by atoms with van der Waals surface area (Å²) in [6, 6.07) is 1.79. The van der Waals surface area contributed by atoms with Gasteiger partial charge in [0.15, 0.2) is 0 Å². The van der Waals surface area contributed by atoms with Gasteiger partial charge < -0.3 is 15.9 Å². The molecule has 4 heteroatoms. The Morgan fingerprint density at radius 3 is 2.73 bits per heavy atom. The maximum absolute atomic E-state index is 5.54. The van der Waals surface area contributed by atoms with Gasteiger partial charge in [0, 0.05) is 18.5 Å². The highest BCUT2D eigenvalue weighted by molar-refractivity contribution is 5.55. The van der Waals surface area contributed by atoms with Crippen LogP contribution in [-0.4, -0.2) is 9.38 Å². The van der Waals surface area contributed by atoms with Crippen molar-refractivity contribution in [1.29, 1.82) is 0 Å². The van der Waals surface area contributed by atoms with E-state index >= 15 is 0 Å². The molecule has 0 aromatic carbocycles. The van der Waals surface area contributed by atoms with Gasteiger partial charge in [0.1, 0.15) is 5.65 Å². The first-order valence-corrected chi connectivity index (χ1v) is 3.24. The van der Waals surface area contributed by atoms with Crippen LogP contribution < -0.4 is 11.5 Å². The van der Waals surface area contributed by atoms with Crippen molar-refractivity contribution in [3.8, 4) is 0 Å². The molecule has 0 bridgehead atoms. The van der Waals surface area contributed by atoms with E-state index in [1.165, 1.54) is 0 Å². The Bertz CT molecular complexity index is 390. The van der Waals surface area contributed by atoms with Gasteiger partial charge in [-0.05, 0) is 0 Å². The van der Waals surface area contributed by atoms with Crippen molar-refractivity contribution in [3.63, 3.8) is 0 Å². The first-order valence-electron chi connectivity index (χ1n) is 3.24. The second kappa shape index (κ2) is 1.88. The Morgan fingerprint density at radius 1 is 1.18 bits per heavy atom. The predicted octanol–water partition coefficient (Wildman–Crippen LogP) is 0.499. The highest BCUT2D eigenvalue weighted by Crippen LogP contribution is 2.10. The molecule has 0 unspecified atom stereocenters. The fraction of sp³-hybridized carbons (Fsp3) is 0. The molecule has 2 aromatic heterocycles. The standard InChI is InChI=1S/C7H8N4/c8-5-1-7-10-2-6(9)4-11(7)3-5/h1-4H,8-9H2. The zero-order valence-electron chi connectivity index (χ0n) is 5.86. The number of aromatic nitrogens is 2. The van der Waals surface area contributed by atoms with Crippen LogP contribution in [0.2, 0.25) is 0 Å². The molecule has 0 radical (unpaired) electrons. The number of hydrogen-bond acceptors (Lipinski definition) is 3. The molecular weight excluding hydrogens is 140 g/mol. The molecule has 0 aliphatic heterocycles. The molecule has 0 atom stereocenters. The maximum Gasteiger partial charge on any atom is 0.138 e. The predicted molar refractivity (Wildman–Crippen MR) is 44.0 cm³/mol. The smallest absolute Gasteiger partial charge is 0.138 e. The highest BCUT2D eigenvalue weighted by atomic mass is 15.0. The van der Waals surface area contributed by atoms with Gasteiger partial charge in [-0.2, -0.15) is 0 Å². The number of nitrogen functional groups attached to an aromatic ring is 2. The molecule has 0 spiro atoms. The summed E-state index contributed by atoms with van der Waals surface area (Å²) in [6.07, 6.45) is 5.16. The third kappa shape index (κ3) is 0.881. The van der Waals surface area contributed by atoms with Crippen LogP contribution in [0, 0.1) is 0 Å². The zero-order valence-corrected chi connectivity index (χ0v) is 5.86. The van der Waals surface area contributed by atoms with E-state index in [-0.39, 0.29) is 0 Å². The van der Waals surface area contributed by atoms with Gasteiger partial charge in [0.25, 0.3) is 0 Å². The number of rotatable bonds is 0. The number of anilines is 2. The molecule has 0 saturated heterocycles. The van der Waals surface area contributed by atoms with Crippen LogP contribution in [0.3, 0.4) is 0 Å². The summed E-state index contributed by atoms with van der Waals surface area (Å²) in [4.78, 5) is 4.06. The van der Waals surface area contributed by atoms with Crippen molar-refractivity contribution in [3.05, 3.63) is 24.7 Å². The van der Waals surface area contributed by atoms with Gasteiger partial charge in [0.05, 0.1) is 17.6 Å². The van der Waals surface area contributed by atoms with Crippen LogP contribution in [-0.2, 0) is 0 Å². The molecule has 4 N–H and O–H groups in total. The van der Waals surface area contributed by atoms with Crippen molar-refractivity contribution < 1.29 is 0 Å². The fourth-order valence-corrected chi connectivity index (χ4v) is 1.03. The summed E-state index contributed by atoms with van der Waals surface area (Å²) in [6.45, 7) is 0. The maximum atomic E-state index is 5.54. The first-order chi connectivity index (χ1) is 5.25. The first kappa shape index (κ1) is 6.03. The van der Waals surface area contributed by atoms with E-state index in [9.17, 15) is 0 Å². The average Bonchev–Trinajstić information content (AvgIpc) is 2.27. The number of hydrogen-bond donors (Lipinski definition) is 2. The van der Waals surface area contributed by atoms with E-state index in [4.69, 9.17) is 11.5 Å². The Balaban J connectivity index is 2.82. The molecule has 2 rings (SSSR count). The van der Waals surface area contributed by atoms with Gasteiger partial charge in [-0.15, -0.1) is 0 Å². The fourth-order valence-electron chi connectivity index (χ4n) is 1.03. The summed E-state index contributed by atoms with van der Waals surface area (Å²) in [5.74, 6) is 0. The highest BCUT2D eigenvalue weighted by Gasteiger charge is 1.95. The summed E-state index contributed by atoms with van der Waals surface area (Å²) in [7, 11) is 0. The van der Waals surface area contributed by atoms with Crippen LogP contribution in [0.25, 0.3) is 5.65 Å². The molecule has 0 saturated carbocycles. The van der Waals surface area contributed by atoms with Gasteiger partial charge in [-0.3, -0.25) is 0 Å². The Labute approximate surface area is 63.4 Å². The topological polar surface area (TPSA) is 69.3 Å². The van der Waals surface area contributed by atoms with E-state index in [1.807, 2.05) is 0 Å². The van der Waals surface area contributed by atoms with Crippen LogP contribution in [0.4, 0.5) is 11.4 Å². The van der Waals surface area contributed by atoms with E-state index in [0.29, 0.717) is 11.4 Å². The largest absolute Gasteiger partial charge is 0.397 e. The lowest BCUT2D eigenvalue weighted by Gasteiger charge is -1.93. The Kier molecular flexibility index (Phi) is 1.03. The van der Waals surface area contributed by atoms with Crippen LogP contribution >= 0.6 is 0 Å². The summed E-state index contributed by atoms with van der Waals surface area (Å²) < 4.78 is 1.80. The second-order valence-electron chi connectivity index (χ2n) is 2.43. The van der Waals surface area contributed by atoms with Crippen molar-refractivity contribution >= 4 is 17.0 Å². The number of nitrogens with zero attached hydrogens (tertiary/aromatic N) is 2. The quantitative estimate of drug-likeness (QED) is 0.571. The molecule has 0 aliphatic carbocycles. The lowest BCUT2D eigenvalue weighted by Crippen LogP contribution is -1.91. The lowest BCUT2D eigenvalue weighted by molar-refractivity contribution is 1.14. The van der Waals surface area contributed by atoms with Crippen molar-refractivity contribution in [2.75, 3.05) is 11.5 Å². The minimum absolute atomic E-state index is 0.633. The molecule has 0 fully saturated rings. The number of nitrogens with two attached hydrogens (primary N) is 2. The zero-order chi connectivity index (χ0) is 7.84. The lowest BCUT2D eigenvalue weighted by atomic mass is 10.5. The average molecular weight is 148 g/mol. The molecule has 11 heavy (non-hydrogen) atoms. The van der Waals surface area contributed by atoms with E-state index in [2.05, 4.69) is 4.98 Å². The normalized spacial score (nSPS) is 10.5. The summed E-state index contributed by atoms with van der Waals surface area (Å²) >= 11 is 0. The molecular formula is C7H8N4. The third-order valence-corrected chi connectivity index (χ3v) is 1.48. The van der Waals surface area contributed by atoms with Crippen molar-refractivity contribution in [1.82, 2.24) is 9.38 Å².